The Morgan fingerprint density at radius 2 is 2.14 bits per heavy atom. The van der Waals surface area contributed by atoms with Crippen LogP contribution in [0.5, 0.6) is 0 Å². The number of anilines is 1. The molecule has 0 aromatic heterocycles. The van der Waals surface area contributed by atoms with Gasteiger partial charge in [-0.3, -0.25) is 14.9 Å². The lowest BCUT2D eigenvalue weighted by Gasteiger charge is -2.22. The predicted octanol–water partition coefficient (Wildman–Crippen LogP) is 2.51. The van der Waals surface area contributed by atoms with Crippen LogP contribution in [0.1, 0.15) is 23.2 Å². The maximum atomic E-state index is 11.5. The molecule has 1 amide bonds. The zero-order valence-corrected chi connectivity index (χ0v) is 12.7. The fraction of sp³-hybridized carbons (Fsp3) is 0.500. The van der Waals surface area contributed by atoms with Crippen LogP contribution in [0.2, 0.25) is 0 Å². The number of nitrogens with one attached hydrogen (secondary N) is 2. The fourth-order valence-corrected chi connectivity index (χ4v) is 3.53. The summed E-state index contributed by atoms with van der Waals surface area (Å²) in [7, 11) is 1.50. The maximum absolute atomic E-state index is 11.5. The summed E-state index contributed by atoms with van der Waals surface area (Å²) in [6.45, 7) is 0.737. The third kappa shape index (κ3) is 4.10. The number of amides is 1. The summed E-state index contributed by atoms with van der Waals surface area (Å²) < 4.78 is 0. The van der Waals surface area contributed by atoms with E-state index < -0.39 is 4.92 Å². The first-order chi connectivity index (χ1) is 10.1. The highest BCUT2D eigenvalue weighted by Crippen LogP contribution is 2.28. The van der Waals surface area contributed by atoms with Crippen LogP contribution in [0.25, 0.3) is 0 Å². The number of carbonyl (C=O) groups is 1. The Labute approximate surface area is 127 Å². The standard InChI is InChI=1S/C14H19N3O3S/c1-15-14(18)11-2-3-12(13(8-11)17(19)20)16-9-10-4-6-21-7-5-10/h2-3,8,10,16H,4-7,9H2,1H3,(H,15,18). The van der Waals surface area contributed by atoms with Crippen LogP contribution in [0.3, 0.4) is 0 Å². The van der Waals surface area contributed by atoms with Crippen molar-refractivity contribution in [2.45, 2.75) is 12.8 Å². The number of rotatable bonds is 5. The second-order valence-corrected chi connectivity index (χ2v) is 6.23. The topological polar surface area (TPSA) is 84.3 Å². The van der Waals surface area contributed by atoms with Gasteiger partial charge < -0.3 is 10.6 Å². The third-order valence-corrected chi connectivity index (χ3v) is 4.65. The summed E-state index contributed by atoms with van der Waals surface area (Å²) in [5.41, 5.74) is 0.719. The monoisotopic (exact) mass is 309 g/mol. The zero-order chi connectivity index (χ0) is 15.2. The van der Waals surface area contributed by atoms with Crippen molar-refractivity contribution in [1.82, 2.24) is 5.32 Å². The molecule has 6 nitrogen and oxygen atoms in total. The van der Waals surface area contributed by atoms with Crippen molar-refractivity contribution < 1.29 is 9.72 Å². The van der Waals surface area contributed by atoms with Crippen LogP contribution in [-0.2, 0) is 0 Å². The van der Waals surface area contributed by atoms with Gasteiger partial charge in [-0.25, -0.2) is 0 Å². The smallest absolute Gasteiger partial charge is 0.293 e. The first-order valence-electron chi connectivity index (χ1n) is 6.94. The number of hydrogen-bond donors (Lipinski definition) is 2. The molecule has 0 saturated carbocycles. The lowest BCUT2D eigenvalue weighted by Crippen LogP contribution is -2.20. The van der Waals surface area contributed by atoms with Gasteiger partial charge >= 0.3 is 0 Å². The lowest BCUT2D eigenvalue weighted by atomic mass is 10.0. The second kappa shape index (κ2) is 7.31. The molecule has 1 aliphatic heterocycles. The molecule has 1 aliphatic rings. The van der Waals surface area contributed by atoms with Crippen LogP contribution < -0.4 is 10.6 Å². The van der Waals surface area contributed by atoms with E-state index in [4.69, 9.17) is 0 Å². The van der Waals surface area contributed by atoms with Gasteiger partial charge in [-0.2, -0.15) is 11.8 Å². The summed E-state index contributed by atoms with van der Waals surface area (Å²) in [6.07, 6.45) is 2.28. The predicted molar refractivity (Wildman–Crippen MR) is 85.0 cm³/mol. The minimum Gasteiger partial charge on any atom is -0.379 e. The van der Waals surface area contributed by atoms with Gasteiger partial charge in [0.15, 0.2) is 0 Å². The number of nitro benzene ring substituents is 1. The Morgan fingerprint density at radius 3 is 2.76 bits per heavy atom. The normalized spacial score (nSPS) is 15.5. The van der Waals surface area contributed by atoms with Gasteiger partial charge in [0.1, 0.15) is 5.69 Å². The number of thioether (sulfide) groups is 1. The van der Waals surface area contributed by atoms with Crippen molar-refractivity contribution in [3.05, 3.63) is 33.9 Å². The van der Waals surface area contributed by atoms with Crippen LogP contribution in [-0.4, -0.2) is 35.9 Å². The SMILES string of the molecule is CNC(=O)c1ccc(NCC2CCSCC2)c([N+](=O)[O-])c1. The molecule has 2 N–H and O–H groups in total. The first-order valence-corrected chi connectivity index (χ1v) is 8.09. The molecule has 21 heavy (non-hydrogen) atoms. The third-order valence-electron chi connectivity index (χ3n) is 3.61. The molecule has 1 fully saturated rings. The van der Waals surface area contributed by atoms with E-state index in [1.165, 1.54) is 13.1 Å². The first kappa shape index (κ1) is 15.6. The largest absolute Gasteiger partial charge is 0.379 e. The summed E-state index contributed by atoms with van der Waals surface area (Å²) in [5, 5.41) is 16.8. The average Bonchev–Trinajstić information content (AvgIpc) is 2.52. The molecule has 1 aromatic rings. The number of hydrogen-bond acceptors (Lipinski definition) is 5. The van der Waals surface area contributed by atoms with Crippen molar-refractivity contribution in [3.63, 3.8) is 0 Å². The van der Waals surface area contributed by atoms with E-state index in [0.717, 1.165) is 30.9 Å². The van der Waals surface area contributed by atoms with Crippen molar-refractivity contribution >= 4 is 29.0 Å². The summed E-state index contributed by atoms with van der Waals surface area (Å²) in [6, 6.07) is 4.53. The molecule has 1 saturated heterocycles. The highest BCUT2D eigenvalue weighted by molar-refractivity contribution is 7.99. The number of carbonyl (C=O) groups excluding carboxylic acids is 1. The summed E-state index contributed by atoms with van der Waals surface area (Å²) in [5.74, 6) is 2.55. The van der Waals surface area contributed by atoms with Gasteiger partial charge in [0.25, 0.3) is 11.6 Å². The van der Waals surface area contributed by atoms with Crippen LogP contribution in [0.4, 0.5) is 11.4 Å². The fourth-order valence-electron chi connectivity index (χ4n) is 2.32. The molecule has 0 aliphatic carbocycles. The summed E-state index contributed by atoms with van der Waals surface area (Å²) >= 11 is 1.96. The Bertz CT molecular complexity index is 530. The van der Waals surface area contributed by atoms with E-state index in [9.17, 15) is 14.9 Å². The summed E-state index contributed by atoms with van der Waals surface area (Å²) in [4.78, 5) is 22.3. The molecule has 0 atom stereocenters. The molecular formula is C14H19N3O3S. The molecule has 0 radical (unpaired) electrons. The highest BCUT2D eigenvalue weighted by atomic mass is 32.2. The Hall–Kier alpha value is -1.76. The van der Waals surface area contributed by atoms with Crippen LogP contribution in [0.15, 0.2) is 18.2 Å². The van der Waals surface area contributed by atoms with Crippen LogP contribution in [0, 0.1) is 16.0 Å². The van der Waals surface area contributed by atoms with Gasteiger partial charge in [0.05, 0.1) is 4.92 Å². The minimum absolute atomic E-state index is 0.0544. The molecule has 2 rings (SSSR count). The van der Waals surface area contributed by atoms with E-state index in [2.05, 4.69) is 10.6 Å². The molecular weight excluding hydrogens is 290 g/mol. The highest BCUT2D eigenvalue weighted by Gasteiger charge is 2.19. The van der Waals surface area contributed by atoms with Crippen molar-refractivity contribution in [2.24, 2.45) is 5.92 Å². The van der Waals surface area contributed by atoms with Gasteiger partial charge in [-0.05, 0) is 42.4 Å². The Balaban J connectivity index is 2.10. The lowest BCUT2D eigenvalue weighted by molar-refractivity contribution is -0.384. The Kier molecular flexibility index (Phi) is 5.44. The molecule has 1 heterocycles. The molecule has 1 aromatic carbocycles. The van der Waals surface area contributed by atoms with Crippen molar-refractivity contribution in [1.29, 1.82) is 0 Å². The van der Waals surface area contributed by atoms with Crippen molar-refractivity contribution in [3.8, 4) is 0 Å². The van der Waals surface area contributed by atoms with Gasteiger partial charge in [0.2, 0.25) is 0 Å². The maximum Gasteiger partial charge on any atom is 0.293 e. The Morgan fingerprint density at radius 1 is 1.43 bits per heavy atom. The van der Waals surface area contributed by atoms with Crippen LogP contribution >= 0.6 is 11.8 Å². The van der Waals surface area contributed by atoms with Gasteiger partial charge in [0, 0.05) is 25.2 Å². The molecule has 114 valence electrons. The minimum atomic E-state index is -0.453. The zero-order valence-electron chi connectivity index (χ0n) is 11.9. The van der Waals surface area contributed by atoms with E-state index in [-0.39, 0.29) is 11.6 Å². The molecule has 0 bridgehead atoms. The average molecular weight is 309 g/mol. The number of benzene rings is 1. The van der Waals surface area contributed by atoms with E-state index in [1.807, 2.05) is 11.8 Å². The second-order valence-electron chi connectivity index (χ2n) is 5.00. The molecule has 0 unspecified atom stereocenters. The molecule has 7 heteroatoms. The van der Waals surface area contributed by atoms with Gasteiger partial charge in [-0.15, -0.1) is 0 Å². The molecule has 0 spiro atoms. The quantitative estimate of drug-likeness (QED) is 0.645. The number of nitro groups is 1. The van der Waals surface area contributed by atoms with E-state index in [0.29, 0.717) is 17.2 Å². The van der Waals surface area contributed by atoms with E-state index >= 15 is 0 Å². The van der Waals surface area contributed by atoms with E-state index in [1.54, 1.807) is 12.1 Å². The van der Waals surface area contributed by atoms with Gasteiger partial charge in [-0.1, -0.05) is 0 Å². The number of nitrogens with zero attached hydrogens (tertiary/aromatic N) is 1. The van der Waals surface area contributed by atoms with Crippen molar-refractivity contribution in [2.75, 3.05) is 30.4 Å².